The fourth-order valence-corrected chi connectivity index (χ4v) is 2.09. The highest BCUT2D eigenvalue weighted by Gasteiger charge is 2.21. The average Bonchev–Trinajstić information content (AvgIpc) is 2.93. The van der Waals surface area contributed by atoms with Gasteiger partial charge in [0.2, 0.25) is 12.5 Å². The number of aryl methyl sites for hydroxylation is 1. The summed E-state index contributed by atoms with van der Waals surface area (Å²) in [4.78, 5) is 8.75. The number of nitrogen functional groups attached to an aromatic ring is 1. The third kappa shape index (κ3) is 2.09. The quantitative estimate of drug-likeness (QED) is 0.921. The average molecular weight is 273 g/mol. The van der Waals surface area contributed by atoms with Gasteiger partial charge in [0, 0.05) is 17.3 Å². The first-order valence-electron chi connectivity index (χ1n) is 6.32. The van der Waals surface area contributed by atoms with Gasteiger partial charge in [-0.2, -0.15) is 0 Å². The van der Waals surface area contributed by atoms with Gasteiger partial charge >= 0.3 is 0 Å². The molecule has 2 N–H and O–H groups in total. The van der Waals surface area contributed by atoms with Gasteiger partial charge in [0.05, 0.1) is 7.11 Å². The molecule has 0 atom stereocenters. The second-order valence-corrected chi connectivity index (χ2v) is 4.37. The lowest BCUT2D eigenvalue weighted by atomic mass is 10.1. The number of hydrogen-bond acceptors (Lipinski definition) is 6. The van der Waals surface area contributed by atoms with Crippen LogP contribution in [0.5, 0.6) is 17.2 Å². The molecule has 1 aromatic carbocycles. The largest absolute Gasteiger partial charge is 0.493 e. The van der Waals surface area contributed by atoms with Crippen LogP contribution in [0.25, 0.3) is 11.4 Å². The number of ether oxygens (including phenoxy) is 3. The first-order chi connectivity index (χ1) is 9.71. The van der Waals surface area contributed by atoms with E-state index in [1.165, 1.54) is 0 Å². The Balaban J connectivity index is 2.13. The van der Waals surface area contributed by atoms with Crippen LogP contribution in [0, 0.1) is 0 Å². The first kappa shape index (κ1) is 12.5. The van der Waals surface area contributed by atoms with Crippen molar-refractivity contribution in [3.8, 4) is 28.6 Å². The molecule has 2 heterocycles. The number of benzene rings is 1. The predicted octanol–water partition coefficient (Wildman–Crippen LogP) is 2.03. The summed E-state index contributed by atoms with van der Waals surface area (Å²) in [5, 5.41) is 0. The number of rotatable bonds is 3. The Hall–Kier alpha value is -2.50. The Kier molecular flexibility index (Phi) is 3.06. The molecule has 1 aromatic heterocycles. The zero-order valence-corrected chi connectivity index (χ0v) is 11.3. The molecule has 104 valence electrons. The minimum absolute atomic E-state index is 0.188. The van der Waals surface area contributed by atoms with E-state index < -0.39 is 0 Å². The van der Waals surface area contributed by atoms with Crippen molar-refractivity contribution in [3.05, 3.63) is 23.9 Å². The summed E-state index contributed by atoms with van der Waals surface area (Å²) in [5.41, 5.74) is 7.50. The van der Waals surface area contributed by atoms with E-state index >= 15 is 0 Å². The molecule has 0 saturated carbocycles. The molecule has 0 fully saturated rings. The van der Waals surface area contributed by atoms with Crippen molar-refractivity contribution in [2.24, 2.45) is 0 Å². The molecule has 1 aliphatic rings. The maximum atomic E-state index is 5.82. The summed E-state index contributed by atoms with van der Waals surface area (Å²) in [6.07, 6.45) is 0.793. The molecular formula is C14H15N3O3. The third-order valence-corrected chi connectivity index (χ3v) is 3.08. The van der Waals surface area contributed by atoms with E-state index in [-0.39, 0.29) is 6.79 Å². The minimum atomic E-state index is 0.188. The number of methoxy groups -OCH3 is 1. The van der Waals surface area contributed by atoms with Crippen LogP contribution < -0.4 is 19.9 Å². The molecule has 0 bridgehead atoms. The molecule has 2 aromatic rings. The number of nitrogens with zero attached hydrogens (tertiary/aromatic N) is 2. The van der Waals surface area contributed by atoms with E-state index in [1.807, 2.05) is 19.1 Å². The lowest BCUT2D eigenvalue weighted by Gasteiger charge is -2.09. The summed E-state index contributed by atoms with van der Waals surface area (Å²) < 4.78 is 16.1. The van der Waals surface area contributed by atoms with Gasteiger partial charge in [-0.15, -0.1) is 0 Å². The SMILES string of the molecule is CCc1cc(N)nc(-c2cc(OC)c3c(c2)OCO3)n1. The number of fused-ring (bicyclic) bond motifs is 1. The molecule has 3 rings (SSSR count). The molecule has 0 unspecified atom stereocenters. The second kappa shape index (κ2) is 4.88. The van der Waals surface area contributed by atoms with Crippen molar-refractivity contribution >= 4 is 5.82 Å². The smallest absolute Gasteiger partial charge is 0.231 e. The number of anilines is 1. The van der Waals surface area contributed by atoms with Gasteiger partial charge in [0.15, 0.2) is 17.3 Å². The van der Waals surface area contributed by atoms with E-state index in [9.17, 15) is 0 Å². The molecule has 6 heteroatoms. The van der Waals surface area contributed by atoms with E-state index in [2.05, 4.69) is 9.97 Å². The van der Waals surface area contributed by atoms with Gasteiger partial charge in [-0.3, -0.25) is 0 Å². The molecule has 20 heavy (non-hydrogen) atoms. The van der Waals surface area contributed by atoms with Gasteiger partial charge in [0.1, 0.15) is 5.82 Å². The van der Waals surface area contributed by atoms with Crippen molar-refractivity contribution in [2.75, 3.05) is 19.6 Å². The molecule has 1 aliphatic heterocycles. The van der Waals surface area contributed by atoms with Crippen LogP contribution in [-0.4, -0.2) is 23.9 Å². The zero-order valence-electron chi connectivity index (χ0n) is 11.3. The topological polar surface area (TPSA) is 79.5 Å². The van der Waals surface area contributed by atoms with Crippen LogP contribution in [0.4, 0.5) is 5.82 Å². The Bertz CT molecular complexity index is 658. The van der Waals surface area contributed by atoms with Crippen LogP contribution in [-0.2, 0) is 6.42 Å². The Morgan fingerprint density at radius 2 is 2.10 bits per heavy atom. The van der Waals surface area contributed by atoms with Gasteiger partial charge < -0.3 is 19.9 Å². The van der Waals surface area contributed by atoms with Gasteiger partial charge in [0.25, 0.3) is 0 Å². The fourth-order valence-electron chi connectivity index (χ4n) is 2.09. The molecule has 0 aliphatic carbocycles. The summed E-state index contributed by atoms with van der Waals surface area (Å²) in [5.74, 6) is 2.83. The molecular weight excluding hydrogens is 258 g/mol. The van der Waals surface area contributed by atoms with Crippen LogP contribution in [0.3, 0.4) is 0 Å². The molecule has 0 saturated heterocycles. The standard InChI is InChI=1S/C14H15N3O3/c1-3-9-6-12(15)17-14(16-9)8-4-10(18-2)13-11(5-8)19-7-20-13/h4-6H,3,7H2,1-2H3,(H2,15,16,17). The van der Waals surface area contributed by atoms with Crippen molar-refractivity contribution < 1.29 is 14.2 Å². The lowest BCUT2D eigenvalue weighted by Crippen LogP contribution is -2.00. The summed E-state index contributed by atoms with van der Waals surface area (Å²) >= 11 is 0. The Labute approximate surface area is 116 Å². The number of aromatic nitrogens is 2. The highest BCUT2D eigenvalue weighted by Crippen LogP contribution is 2.43. The normalized spacial score (nSPS) is 12.5. The van der Waals surface area contributed by atoms with E-state index in [0.29, 0.717) is 28.9 Å². The zero-order chi connectivity index (χ0) is 14.1. The van der Waals surface area contributed by atoms with Crippen LogP contribution in [0.2, 0.25) is 0 Å². The minimum Gasteiger partial charge on any atom is -0.493 e. The third-order valence-electron chi connectivity index (χ3n) is 3.08. The molecule has 0 amide bonds. The van der Waals surface area contributed by atoms with Crippen LogP contribution in [0.15, 0.2) is 18.2 Å². The maximum Gasteiger partial charge on any atom is 0.231 e. The van der Waals surface area contributed by atoms with Crippen molar-refractivity contribution in [3.63, 3.8) is 0 Å². The molecule has 6 nitrogen and oxygen atoms in total. The van der Waals surface area contributed by atoms with Gasteiger partial charge in [-0.1, -0.05) is 6.92 Å². The predicted molar refractivity (Wildman–Crippen MR) is 73.9 cm³/mol. The van der Waals surface area contributed by atoms with Gasteiger partial charge in [-0.05, 0) is 18.6 Å². The van der Waals surface area contributed by atoms with Crippen molar-refractivity contribution in [1.29, 1.82) is 0 Å². The first-order valence-corrected chi connectivity index (χ1v) is 6.32. The maximum absolute atomic E-state index is 5.82. The van der Waals surface area contributed by atoms with Gasteiger partial charge in [-0.25, -0.2) is 9.97 Å². The highest BCUT2D eigenvalue weighted by molar-refractivity contribution is 5.68. The van der Waals surface area contributed by atoms with E-state index in [0.717, 1.165) is 17.7 Å². The molecule has 0 radical (unpaired) electrons. The van der Waals surface area contributed by atoms with Crippen molar-refractivity contribution in [2.45, 2.75) is 13.3 Å². The lowest BCUT2D eigenvalue weighted by molar-refractivity contribution is 0.171. The Morgan fingerprint density at radius 3 is 2.85 bits per heavy atom. The fraction of sp³-hybridized carbons (Fsp3) is 0.286. The van der Waals surface area contributed by atoms with Crippen LogP contribution in [0.1, 0.15) is 12.6 Å². The summed E-state index contributed by atoms with van der Waals surface area (Å²) in [6, 6.07) is 5.43. The molecule has 0 spiro atoms. The summed E-state index contributed by atoms with van der Waals surface area (Å²) in [6.45, 7) is 2.21. The number of hydrogen-bond donors (Lipinski definition) is 1. The second-order valence-electron chi connectivity index (χ2n) is 4.37. The van der Waals surface area contributed by atoms with Crippen LogP contribution >= 0.6 is 0 Å². The Morgan fingerprint density at radius 1 is 1.25 bits per heavy atom. The monoisotopic (exact) mass is 273 g/mol. The summed E-state index contributed by atoms with van der Waals surface area (Å²) in [7, 11) is 1.58. The van der Waals surface area contributed by atoms with E-state index in [1.54, 1.807) is 13.2 Å². The van der Waals surface area contributed by atoms with Crippen molar-refractivity contribution in [1.82, 2.24) is 9.97 Å². The van der Waals surface area contributed by atoms with E-state index in [4.69, 9.17) is 19.9 Å². The number of nitrogens with two attached hydrogens (primary N) is 1. The highest BCUT2D eigenvalue weighted by atomic mass is 16.7.